The van der Waals surface area contributed by atoms with Crippen molar-refractivity contribution in [3.05, 3.63) is 47.5 Å². The van der Waals surface area contributed by atoms with E-state index < -0.39 is 0 Å². The van der Waals surface area contributed by atoms with Crippen LogP contribution in [0, 0.1) is 0 Å². The number of aliphatic hydroxyl groups excluding tert-OH is 1. The van der Waals surface area contributed by atoms with Gasteiger partial charge in [-0.05, 0) is 67.5 Å². The van der Waals surface area contributed by atoms with Gasteiger partial charge in [-0.15, -0.1) is 0 Å². The molecule has 2 aliphatic rings. The van der Waals surface area contributed by atoms with Gasteiger partial charge in [0.2, 0.25) is 0 Å². The van der Waals surface area contributed by atoms with Gasteiger partial charge in [0.05, 0.1) is 13.2 Å². The van der Waals surface area contributed by atoms with Gasteiger partial charge in [0, 0.05) is 0 Å². The molecule has 24 heavy (non-hydrogen) atoms. The molecular weight excluding hydrogens is 304 g/mol. The summed E-state index contributed by atoms with van der Waals surface area (Å²) >= 11 is 0. The average Bonchev–Trinajstić information content (AvgIpc) is 2.60. The molecule has 2 aromatic carbocycles. The molecule has 2 heterocycles. The van der Waals surface area contributed by atoms with E-state index in [9.17, 15) is 10.2 Å². The van der Waals surface area contributed by atoms with Crippen molar-refractivity contribution in [3.63, 3.8) is 0 Å². The van der Waals surface area contributed by atoms with E-state index in [1.165, 1.54) is 5.56 Å². The van der Waals surface area contributed by atoms with Gasteiger partial charge >= 0.3 is 0 Å². The minimum atomic E-state index is -0.287. The molecule has 2 aromatic rings. The van der Waals surface area contributed by atoms with Gasteiger partial charge in [-0.2, -0.15) is 0 Å². The molecule has 0 aliphatic carbocycles. The molecule has 2 aliphatic heterocycles. The number of rotatable bonds is 1. The summed E-state index contributed by atoms with van der Waals surface area (Å²) in [5, 5.41) is 20.2. The van der Waals surface area contributed by atoms with E-state index in [1.807, 2.05) is 30.3 Å². The van der Waals surface area contributed by atoms with Crippen molar-refractivity contribution < 1.29 is 19.7 Å². The number of benzene rings is 2. The Morgan fingerprint density at radius 2 is 1.75 bits per heavy atom. The largest absolute Gasteiger partial charge is 0.504 e. The van der Waals surface area contributed by atoms with E-state index in [2.05, 4.69) is 0 Å². The van der Waals surface area contributed by atoms with Crippen molar-refractivity contribution >= 4 is 0 Å². The average molecular weight is 328 g/mol. The van der Waals surface area contributed by atoms with Crippen LogP contribution >= 0.6 is 0 Å². The minimum absolute atomic E-state index is 0.0924. The Morgan fingerprint density at radius 1 is 0.958 bits per heavy atom. The first-order valence-electron chi connectivity index (χ1n) is 8.50. The Morgan fingerprint density at radius 3 is 2.58 bits per heavy atom. The summed E-state index contributed by atoms with van der Waals surface area (Å²) in [6, 6.07) is 11.2. The second kappa shape index (κ2) is 7.58. The summed E-state index contributed by atoms with van der Waals surface area (Å²) in [6.45, 7) is 0. The quantitative estimate of drug-likeness (QED) is 0.823. The third-order valence-electron chi connectivity index (χ3n) is 4.49. The van der Waals surface area contributed by atoms with Gasteiger partial charge in [-0.25, -0.2) is 0 Å². The number of phenols is 1. The summed E-state index contributed by atoms with van der Waals surface area (Å²) < 4.78 is 11.3. The number of ether oxygens (including phenoxy) is 2. The molecule has 2 N–H and O–H groups in total. The van der Waals surface area contributed by atoms with Crippen LogP contribution in [-0.2, 0) is 12.8 Å². The Hall–Kier alpha value is -2.20. The zero-order valence-corrected chi connectivity index (χ0v) is 14.0. The number of fused-ring (bicyclic) bond motifs is 8. The standard InChI is InChI=1S/C20H24O4/c1-23-20-13-14-4-2-3-5-16(21)9-6-15-7-10-17(22)19(12-15)24-18(20)11-8-14/h7-8,10-13,16,21-22H,2-6,9H2,1H3/t16-/m1/s1. The highest BCUT2D eigenvalue weighted by atomic mass is 16.5. The lowest BCUT2D eigenvalue weighted by atomic mass is 10.0. The fourth-order valence-corrected chi connectivity index (χ4v) is 3.05. The van der Waals surface area contributed by atoms with E-state index in [4.69, 9.17) is 9.47 Å². The molecule has 0 saturated heterocycles. The number of hydrogen-bond acceptors (Lipinski definition) is 4. The highest BCUT2D eigenvalue weighted by Crippen LogP contribution is 2.37. The number of phenolic OH excluding ortho intramolecular Hbond substituents is 1. The zero-order valence-electron chi connectivity index (χ0n) is 14.0. The normalized spacial score (nSPS) is 18.3. The fourth-order valence-electron chi connectivity index (χ4n) is 3.05. The first kappa shape index (κ1) is 16.7. The van der Waals surface area contributed by atoms with E-state index in [0.29, 0.717) is 17.2 Å². The molecule has 128 valence electrons. The summed E-state index contributed by atoms with van der Waals surface area (Å²) in [7, 11) is 1.62. The molecule has 4 bridgehead atoms. The Bertz CT molecular complexity index is 696. The van der Waals surface area contributed by atoms with Gasteiger partial charge in [-0.3, -0.25) is 0 Å². The van der Waals surface area contributed by atoms with Crippen LogP contribution in [0.4, 0.5) is 0 Å². The molecule has 0 radical (unpaired) electrons. The van der Waals surface area contributed by atoms with Gasteiger partial charge in [0.15, 0.2) is 23.0 Å². The van der Waals surface area contributed by atoms with Crippen molar-refractivity contribution in [2.45, 2.75) is 44.6 Å². The van der Waals surface area contributed by atoms with Gasteiger partial charge in [-0.1, -0.05) is 18.6 Å². The molecule has 4 heteroatoms. The van der Waals surface area contributed by atoms with E-state index in [0.717, 1.165) is 44.1 Å². The monoisotopic (exact) mass is 328 g/mol. The van der Waals surface area contributed by atoms with Crippen LogP contribution in [0.15, 0.2) is 36.4 Å². The SMILES string of the molecule is COc1cc2ccc1Oc1cc(ccc1O)CC[C@H](O)CCCC2. The Balaban J connectivity index is 1.96. The van der Waals surface area contributed by atoms with Crippen LogP contribution in [0.1, 0.15) is 36.8 Å². The van der Waals surface area contributed by atoms with Crippen LogP contribution < -0.4 is 9.47 Å². The topological polar surface area (TPSA) is 58.9 Å². The fraction of sp³-hybridized carbons (Fsp3) is 0.400. The smallest absolute Gasteiger partial charge is 0.169 e. The number of aryl methyl sites for hydroxylation is 2. The lowest BCUT2D eigenvalue weighted by Gasteiger charge is -2.13. The van der Waals surface area contributed by atoms with Crippen molar-refractivity contribution in [2.24, 2.45) is 0 Å². The Labute approximate surface area is 142 Å². The van der Waals surface area contributed by atoms with E-state index >= 15 is 0 Å². The van der Waals surface area contributed by atoms with Crippen molar-refractivity contribution in [1.29, 1.82) is 0 Å². The van der Waals surface area contributed by atoms with Crippen LogP contribution in [0.2, 0.25) is 0 Å². The number of hydrogen-bond donors (Lipinski definition) is 2. The van der Waals surface area contributed by atoms with Crippen LogP contribution in [0.25, 0.3) is 0 Å². The first-order valence-corrected chi connectivity index (χ1v) is 8.50. The number of aromatic hydroxyl groups is 1. The van der Waals surface area contributed by atoms with Crippen molar-refractivity contribution in [3.8, 4) is 23.0 Å². The molecule has 0 aromatic heterocycles. The molecule has 1 atom stereocenters. The Kier molecular flexibility index (Phi) is 5.26. The molecule has 0 amide bonds. The lowest BCUT2D eigenvalue weighted by Crippen LogP contribution is -2.08. The van der Waals surface area contributed by atoms with Crippen molar-refractivity contribution in [1.82, 2.24) is 0 Å². The second-order valence-electron chi connectivity index (χ2n) is 6.33. The molecule has 0 saturated carbocycles. The summed E-state index contributed by atoms with van der Waals surface area (Å²) in [4.78, 5) is 0. The molecule has 4 nitrogen and oxygen atoms in total. The second-order valence-corrected chi connectivity index (χ2v) is 6.33. The number of methoxy groups -OCH3 is 1. The molecule has 0 fully saturated rings. The lowest BCUT2D eigenvalue weighted by molar-refractivity contribution is 0.151. The number of aliphatic hydroxyl groups is 1. The van der Waals surface area contributed by atoms with E-state index in [-0.39, 0.29) is 11.9 Å². The minimum Gasteiger partial charge on any atom is -0.504 e. The molecule has 4 rings (SSSR count). The van der Waals surface area contributed by atoms with Gasteiger partial charge in [0.1, 0.15) is 0 Å². The maximum Gasteiger partial charge on any atom is 0.169 e. The highest BCUT2D eigenvalue weighted by molar-refractivity contribution is 5.49. The maximum absolute atomic E-state index is 10.1. The third-order valence-corrected chi connectivity index (χ3v) is 4.49. The summed E-state index contributed by atoms with van der Waals surface area (Å²) in [6.07, 6.45) is 4.99. The highest BCUT2D eigenvalue weighted by Gasteiger charge is 2.13. The van der Waals surface area contributed by atoms with Crippen LogP contribution in [0.3, 0.4) is 0 Å². The predicted molar refractivity (Wildman–Crippen MR) is 93.1 cm³/mol. The molecule has 0 spiro atoms. The van der Waals surface area contributed by atoms with Crippen LogP contribution in [0.5, 0.6) is 23.0 Å². The zero-order chi connectivity index (χ0) is 16.9. The predicted octanol–water partition coefficient (Wildman–Crippen LogP) is 4.21. The third kappa shape index (κ3) is 4.01. The summed E-state index contributed by atoms with van der Waals surface area (Å²) in [5.41, 5.74) is 2.22. The maximum atomic E-state index is 10.1. The van der Waals surface area contributed by atoms with Crippen molar-refractivity contribution in [2.75, 3.05) is 7.11 Å². The summed E-state index contributed by atoms with van der Waals surface area (Å²) in [5.74, 6) is 1.74. The van der Waals surface area contributed by atoms with Crippen LogP contribution in [-0.4, -0.2) is 23.4 Å². The van der Waals surface area contributed by atoms with E-state index in [1.54, 1.807) is 13.2 Å². The van der Waals surface area contributed by atoms with Gasteiger partial charge in [0.25, 0.3) is 0 Å². The molecular formula is C20H24O4. The first-order chi connectivity index (χ1) is 11.7. The van der Waals surface area contributed by atoms with Gasteiger partial charge < -0.3 is 19.7 Å². The molecule has 0 unspecified atom stereocenters.